The average molecular weight is 357 g/mol. The highest BCUT2D eigenvalue weighted by molar-refractivity contribution is 6.30. The molecule has 0 saturated carbocycles. The number of imidazole rings is 2. The van der Waals surface area contributed by atoms with E-state index in [1.165, 1.54) is 0 Å². The molecule has 0 N–H and O–H groups in total. The van der Waals surface area contributed by atoms with Crippen LogP contribution >= 0.6 is 11.6 Å². The van der Waals surface area contributed by atoms with Gasteiger partial charge in [0.2, 0.25) is 0 Å². The van der Waals surface area contributed by atoms with E-state index in [4.69, 9.17) is 11.6 Å². The Labute approximate surface area is 148 Å². The van der Waals surface area contributed by atoms with Crippen molar-refractivity contribution in [3.8, 4) is 11.5 Å². The van der Waals surface area contributed by atoms with Crippen LogP contribution < -0.4 is 0 Å². The Morgan fingerprint density at radius 3 is 2.84 bits per heavy atom. The second-order valence-corrected chi connectivity index (χ2v) is 5.89. The molecule has 0 aliphatic heterocycles. The number of fused-ring (bicyclic) bond motifs is 1. The number of alkyl halides is 1. The number of rotatable bonds is 5. The van der Waals surface area contributed by atoms with E-state index in [0.29, 0.717) is 34.6 Å². The van der Waals surface area contributed by atoms with E-state index >= 15 is 0 Å². The standard InChI is InChI=1S/C17H14ClFN6/c18-12-3-6-20-14(10-12)16-22-7-9-24(16)11-15-23-13-2-1-5-21-17(13)25(15)8-4-19/h1-3,5-7,9-10H,4,8,11H2. The molecule has 25 heavy (non-hydrogen) atoms. The Morgan fingerprint density at radius 1 is 1.08 bits per heavy atom. The molecule has 4 heterocycles. The Hall–Kier alpha value is -2.80. The molecule has 0 aliphatic rings. The van der Waals surface area contributed by atoms with Crippen molar-refractivity contribution < 1.29 is 4.39 Å². The fourth-order valence-corrected chi connectivity index (χ4v) is 2.95. The molecule has 0 fully saturated rings. The maximum atomic E-state index is 13.0. The van der Waals surface area contributed by atoms with Crippen LogP contribution in [-0.2, 0) is 13.1 Å². The smallest absolute Gasteiger partial charge is 0.160 e. The van der Waals surface area contributed by atoms with Gasteiger partial charge in [-0.15, -0.1) is 0 Å². The molecule has 0 aromatic carbocycles. The molecule has 8 heteroatoms. The van der Waals surface area contributed by atoms with Crippen LogP contribution in [0.3, 0.4) is 0 Å². The quantitative estimate of drug-likeness (QED) is 0.550. The van der Waals surface area contributed by atoms with Gasteiger partial charge in [-0.2, -0.15) is 0 Å². The number of aromatic nitrogens is 6. The predicted molar refractivity (Wildman–Crippen MR) is 93.1 cm³/mol. The summed E-state index contributed by atoms with van der Waals surface area (Å²) in [7, 11) is 0. The molecule has 4 aromatic rings. The molecule has 126 valence electrons. The molecule has 0 saturated heterocycles. The molecule has 4 rings (SSSR count). The average Bonchev–Trinajstić information content (AvgIpc) is 3.21. The Morgan fingerprint density at radius 2 is 2.00 bits per heavy atom. The first kappa shape index (κ1) is 15.7. The van der Waals surface area contributed by atoms with Crippen molar-refractivity contribution in [2.24, 2.45) is 0 Å². The summed E-state index contributed by atoms with van der Waals surface area (Å²) in [4.78, 5) is 17.6. The zero-order valence-corrected chi connectivity index (χ0v) is 13.9. The molecule has 0 unspecified atom stereocenters. The summed E-state index contributed by atoms with van der Waals surface area (Å²) in [5.41, 5.74) is 2.09. The maximum absolute atomic E-state index is 13.0. The summed E-state index contributed by atoms with van der Waals surface area (Å²) >= 11 is 6.05. The van der Waals surface area contributed by atoms with Gasteiger partial charge in [0.15, 0.2) is 11.5 Å². The maximum Gasteiger partial charge on any atom is 0.160 e. The van der Waals surface area contributed by atoms with Crippen molar-refractivity contribution >= 4 is 22.8 Å². The lowest BCUT2D eigenvalue weighted by Crippen LogP contribution is -2.11. The molecular weight excluding hydrogens is 343 g/mol. The lowest BCUT2D eigenvalue weighted by molar-refractivity contribution is 0.441. The van der Waals surface area contributed by atoms with Gasteiger partial charge in [0.1, 0.15) is 23.7 Å². The molecule has 0 aliphatic carbocycles. The van der Waals surface area contributed by atoms with Gasteiger partial charge in [-0.3, -0.25) is 4.98 Å². The van der Waals surface area contributed by atoms with Gasteiger partial charge in [-0.05, 0) is 24.3 Å². The first-order valence-corrected chi connectivity index (χ1v) is 8.13. The van der Waals surface area contributed by atoms with Crippen LogP contribution in [0.1, 0.15) is 5.82 Å². The highest BCUT2D eigenvalue weighted by atomic mass is 35.5. The van der Waals surface area contributed by atoms with Crippen molar-refractivity contribution in [1.29, 1.82) is 0 Å². The summed E-state index contributed by atoms with van der Waals surface area (Å²) in [5.74, 6) is 1.39. The molecule has 0 bridgehead atoms. The van der Waals surface area contributed by atoms with E-state index in [1.54, 1.807) is 35.3 Å². The van der Waals surface area contributed by atoms with Crippen molar-refractivity contribution in [2.75, 3.05) is 6.67 Å². The van der Waals surface area contributed by atoms with Crippen LogP contribution in [0.25, 0.3) is 22.7 Å². The summed E-state index contributed by atoms with van der Waals surface area (Å²) in [6.07, 6.45) is 6.85. The zero-order chi connectivity index (χ0) is 17.2. The number of hydrogen-bond donors (Lipinski definition) is 0. The zero-order valence-electron chi connectivity index (χ0n) is 13.2. The van der Waals surface area contributed by atoms with Gasteiger partial charge in [0, 0.05) is 29.8 Å². The van der Waals surface area contributed by atoms with Crippen LogP contribution in [0, 0.1) is 0 Å². The van der Waals surface area contributed by atoms with Gasteiger partial charge in [0.05, 0.1) is 13.1 Å². The van der Waals surface area contributed by atoms with Gasteiger partial charge >= 0.3 is 0 Å². The molecule has 0 amide bonds. The predicted octanol–water partition coefficient (Wildman–Crippen LogP) is 3.36. The third-order valence-corrected chi connectivity index (χ3v) is 4.10. The van der Waals surface area contributed by atoms with Crippen LogP contribution in [0.15, 0.2) is 49.1 Å². The van der Waals surface area contributed by atoms with Crippen LogP contribution in [0.4, 0.5) is 4.39 Å². The first-order chi connectivity index (χ1) is 12.3. The fraction of sp³-hybridized carbons (Fsp3) is 0.176. The minimum atomic E-state index is -0.484. The summed E-state index contributed by atoms with van der Waals surface area (Å²) in [5, 5.41) is 0.591. The van der Waals surface area contributed by atoms with E-state index < -0.39 is 6.67 Å². The third-order valence-electron chi connectivity index (χ3n) is 3.87. The monoisotopic (exact) mass is 356 g/mol. The number of halogens is 2. The first-order valence-electron chi connectivity index (χ1n) is 7.75. The summed E-state index contributed by atoms with van der Waals surface area (Å²) in [6.45, 7) is 0.157. The van der Waals surface area contributed by atoms with E-state index in [-0.39, 0.29) is 6.54 Å². The van der Waals surface area contributed by atoms with E-state index in [1.807, 2.05) is 22.9 Å². The van der Waals surface area contributed by atoms with Crippen molar-refractivity contribution in [2.45, 2.75) is 13.1 Å². The van der Waals surface area contributed by atoms with E-state index in [2.05, 4.69) is 19.9 Å². The topological polar surface area (TPSA) is 61.4 Å². The van der Waals surface area contributed by atoms with Crippen LogP contribution in [0.2, 0.25) is 5.02 Å². The summed E-state index contributed by atoms with van der Waals surface area (Å²) in [6, 6.07) is 7.16. The highest BCUT2D eigenvalue weighted by Gasteiger charge is 2.15. The number of nitrogens with zero attached hydrogens (tertiary/aromatic N) is 6. The van der Waals surface area contributed by atoms with Crippen molar-refractivity contribution in [3.05, 3.63) is 59.9 Å². The normalized spacial score (nSPS) is 11.3. The minimum Gasteiger partial charge on any atom is -0.322 e. The van der Waals surface area contributed by atoms with Crippen LogP contribution in [-0.4, -0.2) is 35.7 Å². The lowest BCUT2D eigenvalue weighted by atomic mass is 10.3. The van der Waals surface area contributed by atoms with E-state index in [0.717, 1.165) is 5.52 Å². The molecule has 0 spiro atoms. The van der Waals surface area contributed by atoms with Crippen molar-refractivity contribution in [3.63, 3.8) is 0 Å². The van der Waals surface area contributed by atoms with Gasteiger partial charge in [-0.25, -0.2) is 19.3 Å². The third kappa shape index (κ3) is 2.98. The molecular formula is C17H14ClFN6. The SMILES string of the molecule is FCCn1c(Cn2ccnc2-c2cc(Cl)ccn2)nc2cccnc21. The van der Waals surface area contributed by atoms with Gasteiger partial charge in [0.25, 0.3) is 0 Å². The molecule has 4 aromatic heterocycles. The van der Waals surface area contributed by atoms with Crippen LogP contribution in [0.5, 0.6) is 0 Å². The molecule has 0 radical (unpaired) electrons. The van der Waals surface area contributed by atoms with Gasteiger partial charge in [-0.1, -0.05) is 11.6 Å². The van der Waals surface area contributed by atoms with Crippen molar-refractivity contribution in [1.82, 2.24) is 29.1 Å². The number of pyridine rings is 2. The van der Waals surface area contributed by atoms with E-state index in [9.17, 15) is 4.39 Å². The second kappa shape index (κ2) is 6.60. The lowest BCUT2D eigenvalue weighted by Gasteiger charge is -2.09. The number of aryl methyl sites for hydroxylation is 1. The summed E-state index contributed by atoms with van der Waals surface area (Å²) < 4.78 is 16.7. The second-order valence-electron chi connectivity index (χ2n) is 5.45. The molecule has 6 nitrogen and oxygen atoms in total. The van der Waals surface area contributed by atoms with Gasteiger partial charge < -0.3 is 9.13 Å². The fourth-order valence-electron chi connectivity index (χ4n) is 2.79. The Balaban J connectivity index is 1.76. The Kier molecular flexibility index (Phi) is 4.15. The highest BCUT2D eigenvalue weighted by Crippen LogP contribution is 2.21. The minimum absolute atomic E-state index is 0.211. The largest absolute Gasteiger partial charge is 0.322 e. The Bertz CT molecular complexity index is 1020. The molecule has 0 atom stereocenters. The number of hydrogen-bond acceptors (Lipinski definition) is 4.